The number of fused-ring (bicyclic) bond motifs is 1. The Labute approximate surface area is 217 Å². The second-order valence-electron chi connectivity index (χ2n) is 9.50. The molecule has 1 aliphatic heterocycles. The van der Waals surface area contributed by atoms with E-state index < -0.39 is 9.84 Å². The third-order valence-electron chi connectivity index (χ3n) is 6.74. The second-order valence-corrected chi connectivity index (χ2v) is 11.5. The first-order chi connectivity index (χ1) is 17.9. The van der Waals surface area contributed by atoms with Gasteiger partial charge < -0.3 is 19.9 Å². The third kappa shape index (κ3) is 6.06. The van der Waals surface area contributed by atoms with Gasteiger partial charge in [-0.05, 0) is 97.4 Å². The summed E-state index contributed by atoms with van der Waals surface area (Å²) in [6.07, 6.45) is 5.92. The summed E-state index contributed by atoms with van der Waals surface area (Å²) in [6.45, 7) is 1.76. The van der Waals surface area contributed by atoms with Crippen molar-refractivity contribution >= 4 is 20.6 Å². The normalized spacial score (nSPS) is 16.0. The highest BCUT2D eigenvalue weighted by Gasteiger charge is 2.15. The fraction of sp³-hybridized carbons (Fsp3) is 0.267. The van der Waals surface area contributed by atoms with Gasteiger partial charge in [0.05, 0.1) is 11.5 Å². The van der Waals surface area contributed by atoms with Crippen molar-refractivity contribution in [3.63, 3.8) is 0 Å². The van der Waals surface area contributed by atoms with Crippen LogP contribution in [0, 0.1) is 0 Å². The predicted octanol–water partition coefficient (Wildman–Crippen LogP) is 6.32. The molecule has 4 aromatic rings. The first-order valence-corrected chi connectivity index (χ1v) is 14.5. The number of phenolic OH excluding ortho intramolecular Hbond substituents is 1. The summed E-state index contributed by atoms with van der Waals surface area (Å²) in [5.74, 6) is 2.24. The lowest BCUT2D eigenvalue weighted by molar-refractivity contribution is 0.268. The molecule has 0 radical (unpaired) electrons. The average molecular weight is 518 g/mol. The van der Waals surface area contributed by atoms with E-state index in [1.165, 1.54) is 25.5 Å². The van der Waals surface area contributed by atoms with Crippen molar-refractivity contribution in [1.82, 2.24) is 5.32 Å². The van der Waals surface area contributed by atoms with Crippen molar-refractivity contribution in [3.05, 3.63) is 78.9 Å². The smallest absolute Gasteiger partial charge is 0.175 e. The molecule has 0 amide bonds. The van der Waals surface area contributed by atoms with Crippen LogP contribution < -0.4 is 14.8 Å². The molecule has 0 saturated carbocycles. The minimum Gasteiger partial charge on any atom is -0.508 e. The van der Waals surface area contributed by atoms with Crippen molar-refractivity contribution in [1.29, 1.82) is 0 Å². The van der Waals surface area contributed by atoms with E-state index in [2.05, 4.69) is 5.32 Å². The van der Waals surface area contributed by atoms with E-state index in [4.69, 9.17) is 9.47 Å². The Balaban J connectivity index is 1.39. The first kappa shape index (κ1) is 25.1. The van der Waals surface area contributed by atoms with Crippen LogP contribution in [0.4, 0.5) is 0 Å². The maximum absolute atomic E-state index is 11.9. The molecule has 2 N–H and O–H groups in total. The molecular weight excluding hydrogens is 486 g/mol. The fourth-order valence-corrected chi connectivity index (χ4v) is 5.35. The van der Waals surface area contributed by atoms with Crippen LogP contribution in [0.1, 0.15) is 25.7 Å². The quantitative estimate of drug-likeness (QED) is 0.285. The number of ether oxygens (including phenoxy) is 2. The molecule has 1 aliphatic rings. The summed E-state index contributed by atoms with van der Waals surface area (Å²) < 4.78 is 36.2. The molecule has 0 aliphatic carbocycles. The van der Waals surface area contributed by atoms with Gasteiger partial charge in [-0.3, -0.25) is 0 Å². The van der Waals surface area contributed by atoms with E-state index in [9.17, 15) is 13.5 Å². The molecule has 0 spiro atoms. The van der Waals surface area contributed by atoms with Crippen LogP contribution >= 0.6 is 0 Å². The SMILES string of the molecule is CS(=O)(=O)c1ccc(-c2ccc3cc(O)ccc3c2Oc2ccc(OCCC3CCCCN3)cc2)cc1. The Kier molecular flexibility index (Phi) is 7.35. The van der Waals surface area contributed by atoms with Crippen LogP contribution in [0.25, 0.3) is 21.9 Å². The monoisotopic (exact) mass is 517 g/mol. The third-order valence-corrected chi connectivity index (χ3v) is 7.87. The van der Waals surface area contributed by atoms with E-state index in [1.54, 1.807) is 36.4 Å². The van der Waals surface area contributed by atoms with Gasteiger partial charge in [-0.2, -0.15) is 0 Å². The summed E-state index contributed by atoms with van der Waals surface area (Å²) >= 11 is 0. The van der Waals surface area contributed by atoms with Crippen LogP contribution in [0.2, 0.25) is 0 Å². The molecule has 0 aromatic heterocycles. The topological polar surface area (TPSA) is 84.9 Å². The predicted molar refractivity (Wildman–Crippen MR) is 146 cm³/mol. The Hall–Kier alpha value is -3.55. The molecule has 192 valence electrons. The van der Waals surface area contributed by atoms with Crippen LogP contribution in [0.5, 0.6) is 23.0 Å². The molecule has 1 atom stereocenters. The number of nitrogens with one attached hydrogen (secondary N) is 1. The maximum atomic E-state index is 11.9. The summed E-state index contributed by atoms with van der Waals surface area (Å²) in [7, 11) is -3.29. The van der Waals surface area contributed by atoms with Gasteiger partial charge in [0, 0.05) is 23.2 Å². The van der Waals surface area contributed by atoms with Gasteiger partial charge in [0.2, 0.25) is 0 Å². The zero-order valence-electron chi connectivity index (χ0n) is 20.8. The summed E-state index contributed by atoms with van der Waals surface area (Å²) in [5, 5.41) is 15.2. The number of benzene rings is 4. The highest BCUT2D eigenvalue weighted by atomic mass is 32.2. The molecule has 5 rings (SSSR count). The molecule has 1 heterocycles. The number of phenols is 1. The minimum absolute atomic E-state index is 0.175. The molecule has 4 aromatic carbocycles. The molecule has 1 saturated heterocycles. The molecule has 7 heteroatoms. The molecule has 1 unspecified atom stereocenters. The molecular formula is C30H31NO5S. The van der Waals surface area contributed by atoms with E-state index in [0.717, 1.165) is 40.6 Å². The van der Waals surface area contributed by atoms with E-state index in [1.807, 2.05) is 42.5 Å². The van der Waals surface area contributed by atoms with Crippen LogP contribution in [0.3, 0.4) is 0 Å². The van der Waals surface area contributed by atoms with Crippen molar-refractivity contribution in [3.8, 4) is 34.1 Å². The highest BCUT2D eigenvalue weighted by Crippen LogP contribution is 2.41. The summed E-state index contributed by atoms with van der Waals surface area (Å²) in [5.41, 5.74) is 1.65. The second kappa shape index (κ2) is 10.8. The fourth-order valence-electron chi connectivity index (χ4n) is 4.72. The van der Waals surface area contributed by atoms with Gasteiger partial charge in [-0.25, -0.2) is 8.42 Å². The van der Waals surface area contributed by atoms with Crippen molar-refractivity contribution < 1.29 is 23.0 Å². The lowest BCUT2D eigenvalue weighted by Gasteiger charge is -2.23. The van der Waals surface area contributed by atoms with Crippen molar-refractivity contribution in [2.45, 2.75) is 36.6 Å². The van der Waals surface area contributed by atoms with Crippen LogP contribution in [-0.2, 0) is 9.84 Å². The van der Waals surface area contributed by atoms with Crippen molar-refractivity contribution in [2.75, 3.05) is 19.4 Å². The Morgan fingerprint density at radius 2 is 1.68 bits per heavy atom. The molecule has 0 bridgehead atoms. The standard InChI is InChI=1S/C30H31NO5S/c1-37(33,34)27-13-5-21(6-14-27)28-15-7-22-20-24(32)8-16-29(22)30(28)36-26-11-9-25(10-12-26)35-19-17-23-4-2-3-18-31-23/h5-16,20,23,31-32H,2-4,17-19H2,1H3. The first-order valence-electron chi connectivity index (χ1n) is 12.6. The number of rotatable bonds is 8. The van der Waals surface area contributed by atoms with E-state index in [-0.39, 0.29) is 10.6 Å². The Morgan fingerprint density at radius 1 is 0.919 bits per heavy atom. The number of aromatic hydroxyl groups is 1. The maximum Gasteiger partial charge on any atom is 0.175 e. The average Bonchev–Trinajstić information content (AvgIpc) is 2.90. The number of sulfone groups is 1. The highest BCUT2D eigenvalue weighted by molar-refractivity contribution is 7.90. The van der Waals surface area contributed by atoms with E-state index in [0.29, 0.717) is 24.1 Å². The lowest BCUT2D eigenvalue weighted by Crippen LogP contribution is -2.35. The van der Waals surface area contributed by atoms with Gasteiger partial charge in [0.25, 0.3) is 0 Å². The van der Waals surface area contributed by atoms with Crippen molar-refractivity contribution in [2.24, 2.45) is 0 Å². The molecule has 37 heavy (non-hydrogen) atoms. The summed E-state index contributed by atoms with van der Waals surface area (Å²) in [6, 6.07) is 23.8. The van der Waals surface area contributed by atoms with E-state index >= 15 is 0 Å². The molecule has 6 nitrogen and oxygen atoms in total. The lowest BCUT2D eigenvalue weighted by atomic mass is 9.99. The summed E-state index contributed by atoms with van der Waals surface area (Å²) in [4.78, 5) is 0.263. The van der Waals surface area contributed by atoms with Crippen LogP contribution in [-0.4, -0.2) is 39.0 Å². The zero-order valence-corrected chi connectivity index (χ0v) is 21.6. The zero-order chi connectivity index (χ0) is 25.8. The minimum atomic E-state index is -3.29. The van der Waals surface area contributed by atoms with Gasteiger partial charge in [-0.15, -0.1) is 0 Å². The Morgan fingerprint density at radius 3 is 2.38 bits per heavy atom. The number of piperidine rings is 1. The van der Waals surface area contributed by atoms with Gasteiger partial charge in [0.15, 0.2) is 9.84 Å². The van der Waals surface area contributed by atoms with Gasteiger partial charge >= 0.3 is 0 Å². The molecule has 1 fully saturated rings. The largest absolute Gasteiger partial charge is 0.508 e. The van der Waals surface area contributed by atoms with Gasteiger partial charge in [-0.1, -0.05) is 24.6 Å². The Bertz CT molecular complexity index is 1480. The van der Waals surface area contributed by atoms with Gasteiger partial charge in [0.1, 0.15) is 23.0 Å². The van der Waals surface area contributed by atoms with Crippen LogP contribution in [0.15, 0.2) is 83.8 Å². The number of hydrogen-bond acceptors (Lipinski definition) is 6. The number of hydrogen-bond donors (Lipinski definition) is 2.